The summed E-state index contributed by atoms with van der Waals surface area (Å²) < 4.78 is 0. The van der Waals surface area contributed by atoms with Crippen LogP contribution in [0, 0.1) is 0 Å². The minimum Gasteiger partial charge on any atom is -0.334 e. The summed E-state index contributed by atoms with van der Waals surface area (Å²) in [6.07, 6.45) is 3.47. The van der Waals surface area contributed by atoms with Gasteiger partial charge in [-0.3, -0.25) is 4.98 Å². The van der Waals surface area contributed by atoms with Crippen molar-refractivity contribution >= 4 is 6.03 Å². The molecule has 0 saturated heterocycles. The number of carbonyl (C=O) groups excluding carboxylic acids is 1. The molecule has 0 fully saturated rings. The molecule has 1 rings (SSSR count). The molecule has 16 heavy (non-hydrogen) atoms. The third-order valence-corrected chi connectivity index (χ3v) is 2.02. The lowest BCUT2D eigenvalue weighted by Crippen LogP contribution is -2.47. The molecule has 0 bridgehead atoms. The average molecular weight is 221 g/mol. The lowest BCUT2D eigenvalue weighted by atomic mass is 10.1. The predicted octanol–water partition coefficient (Wildman–Crippen LogP) is 2.24. The average Bonchev–Trinajstić information content (AvgIpc) is 2.16. The van der Waals surface area contributed by atoms with Gasteiger partial charge in [-0.05, 0) is 39.3 Å². The number of amides is 2. The molecule has 4 heteroatoms. The van der Waals surface area contributed by atoms with Crippen LogP contribution >= 0.6 is 0 Å². The molecular weight excluding hydrogens is 202 g/mol. The Morgan fingerprint density at radius 2 is 2.12 bits per heavy atom. The highest BCUT2D eigenvalue weighted by molar-refractivity contribution is 5.75. The SMILES string of the molecule is CC(NC(=O)NC(C)(C)C)c1cccnc1. The molecule has 0 aromatic carbocycles. The van der Waals surface area contributed by atoms with Gasteiger partial charge in [-0.1, -0.05) is 6.07 Å². The van der Waals surface area contributed by atoms with Crippen molar-refractivity contribution in [1.29, 1.82) is 0 Å². The minimum absolute atomic E-state index is 0.0453. The number of carbonyl (C=O) groups is 1. The van der Waals surface area contributed by atoms with E-state index in [2.05, 4.69) is 15.6 Å². The monoisotopic (exact) mass is 221 g/mol. The van der Waals surface area contributed by atoms with Crippen molar-refractivity contribution in [2.45, 2.75) is 39.3 Å². The van der Waals surface area contributed by atoms with Gasteiger partial charge >= 0.3 is 6.03 Å². The predicted molar refractivity (Wildman–Crippen MR) is 64.1 cm³/mol. The number of nitrogens with one attached hydrogen (secondary N) is 2. The number of aromatic nitrogens is 1. The fraction of sp³-hybridized carbons (Fsp3) is 0.500. The molecule has 0 spiro atoms. The highest BCUT2D eigenvalue weighted by atomic mass is 16.2. The molecule has 2 N–H and O–H groups in total. The number of hydrogen-bond donors (Lipinski definition) is 2. The van der Waals surface area contributed by atoms with Gasteiger partial charge in [0.15, 0.2) is 0 Å². The Bertz CT molecular complexity index is 343. The fourth-order valence-corrected chi connectivity index (χ4v) is 1.29. The van der Waals surface area contributed by atoms with Crippen LogP contribution in [0.3, 0.4) is 0 Å². The van der Waals surface area contributed by atoms with Crippen LogP contribution in [-0.4, -0.2) is 16.6 Å². The first kappa shape index (κ1) is 12.5. The quantitative estimate of drug-likeness (QED) is 0.804. The molecule has 1 atom stereocenters. The van der Waals surface area contributed by atoms with E-state index in [-0.39, 0.29) is 17.6 Å². The van der Waals surface area contributed by atoms with Crippen molar-refractivity contribution in [3.05, 3.63) is 30.1 Å². The van der Waals surface area contributed by atoms with Crippen molar-refractivity contribution < 1.29 is 4.79 Å². The Hall–Kier alpha value is -1.58. The zero-order valence-corrected chi connectivity index (χ0v) is 10.2. The van der Waals surface area contributed by atoms with Crippen LogP contribution in [0.2, 0.25) is 0 Å². The lowest BCUT2D eigenvalue weighted by molar-refractivity contribution is 0.229. The van der Waals surface area contributed by atoms with E-state index in [1.807, 2.05) is 39.8 Å². The van der Waals surface area contributed by atoms with Crippen molar-refractivity contribution in [2.75, 3.05) is 0 Å². The Morgan fingerprint density at radius 1 is 1.44 bits per heavy atom. The number of urea groups is 1. The summed E-state index contributed by atoms with van der Waals surface area (Å²) in [5.74, 6) is 0. The van der Waals surface area contributed by atoms with Crippen molar-refractivity contribution in [1.82, 2.24) is 15.6 Å². The Kier molecular flexibility index (Phi) is 3.88. The van der Waals surface area contributed by atoms with Gasteiger partial charge in [0.05, 0.1) is 6.04 Å². The number of pyridine rings is 1. The van der Waals surface area contributed by atoms with Crippen LogP contribution < -0.4 is 10.6 Å². The molecule has 1 aromatic rings. The first-order chi connectivity index (χ1) is 7.38. The van der Waals surface area contributed by atoms with E-state index < -0.39 is 0 Å². The highest BCUT2D eigenvalue weighted by Gasteiger charge is 2.15. The van der Waals surface area contributed by atoms with Gasteiger partial charge in [0.1, 0.15) is 0 Å². The molecular formula is C12H19N3O. The molecule has 1 aromatic heterocycles. The van der Waals surface area contributed by atoms with Gasteiger partial charge in [-0.2, -0.15) is 0 Å². The Balaban J connectivity index is 2.52. The summed E-state index contributed by atoms with van der Waals surface area (Å²) in [6, 6.07) is 3.59. The Labute approximate surface area is 96.5 Å². The molecule has 88 valence electrons. The third kappa shape index (κ3) is 4.29. The van der Waals surface area contributed by atoms with Crippen molar-refractivity contribution in [2.24, 2.45) is 0 Å². The van der Waals surface area contributed by atoms with Gasteiger partial charge < -0.3 is 10.6 Å². The summed E-state index contributed by atoms with van der Waals surface area (Å²) in [7, 11) is 0. The second-order valence-corrected chi connectivity index (χ2v) is 4.86. The van der Waals surface area contributed by atoms with Gasteiger partial charge in [0, 0.05) is 17.9 Å². The zero-order chi connectivity index (χ0) is 12.2. The second kappa shape index (κ2) is 4.96. The maximum Gasteiger partial charge on any atom is 0.315 e. The summed E-state index contributed by atoms with van der Waals surface area (Å²) in [5, 5.41) is 5.71. The van der Waals surface area contributed by atoms with Gasteiger partial charge in [-0.25, -0.2) is 4.79 Å². The first-order valence-corrected chi connectivity index (χ1v) is 5.37. The van der Waals surface area contributed by atoms with E-state index in [4.69, 9.17) is 0 Å². The van der Waals surface area contributed by atoms with E-state index in [1.54, 1.807) is 12.4 Å². The van der Waals surface area contributed by atoms with Crippen LogP contribution in [0.25, 0.3) is 0 Å². The van der Waals surface area contributed by atoms with Crippen LogP contribution in [0.15, 0.2) is 24.5 Å². The number of rotatable bonds is 2. The molecule has 1 heterocycles. The summed E-state index contributed by atoms with van der Waals surface area (Å²) in [6.45, 7) is 7.77. The van der Waals surface area contributed by atoms with Crippen molar-refractivity contribution in [3.8, 4) is 0 Å². The lowest BCUT2D eigenvalue weighted by Gasteiger charge is -2.23. The van der Waals surface area contributed by atoms with Crippen LogP contribution in [0.5, 0.6) is 0 Å². The van der Waals surface area contributed by atoms with Gasteiger partial charge in [0.25, 0.3) is 0 Å². The molecule has 0 radical (unpaired) electrons. The molecule has 0 aliphatic rings. The normalized spacial score (nSPS) is 13.0. The largest absolute Gasteiger partial charge is 0.334 e. The maximum atomic E-state index is 11.6. The fourth-order valence-electron chi connectivity index (χ4n) is 1.29. The van der Waals surface area contributed by atoms with Gasteiger partial charge in [-0.15, -0.1) is 0 Å². The molecule has 1 unspecified atom stereocenters. The summed E-state index contributed by atoms with van der Waals surface area (Å²) >= 11 is 0. The van der Waals surface area contributed by atoms with Crippen LogP contribution in [0.1, 0.15) is 39.3 Å². The summed E-state index contributed by atoms with van der Waals surface area (Å²) in [5.41, 5.74) is 0.769. The molecule has 0 aliphatic carbocycles. The topological polar surface area (TPSA) is 54.0 Å². The number of hydrogen-bond acceptors (Lipinski definition) is 2. The van der Waals surface area contributed by atoms with E-state index in [9.17, 15) is 4.79 Å². The first-order valence-electron chi connectivity index (χ1n) is 5.37. The second-order valence-electron chi connectivity index (χ2n) is 4.86. The standard InChI is InChI=1S/C12H19N3O/c1-9(10-6-5-7-13-8-10)14-11(16)15-12(2,3)4/h5-9H,1-4H3,(H2,14,15,16). The Morgan fingerprint density at radius 3 is 2.62 bits per heavy atom. The summed E-state index contributed by atoms with van der Waals surface area (Å²) in [4.78, 5) is 15.6. The van der Waals surface area contributed by atoms with E-state index in [0.717, 1.165) is 5.56 Å². The molecule has 2 amide bonds. The smallest absolute Gasteiger partial charge is 0.315 e. The van der Waals surface area contributed by atoms with Crippen molar-refractivity contribution in [3.63, 3.8) is 0 Å². The maximum absolute atomic E-state index is 11.6. The van der Waals surface area contributed by atoms with Crippen LogP contribution in [-0.2, 0) is 0 Å². The molecule has 0 saturated carbocycles. The minimum atomic E-state index is -0.223. The van der Waals surface area contributed by atoms with Crippen LogP contribution in [0.4, 0.5) is 4.79 Å². The van der Waals surface area contributed by atoms with E-state index in [0.29, 0.717) is 0 Å². The molecule has 0 aliphatic heterocycles. The van der Waals surface area contributed by atoms with E-state index >= 15 is 0 Å². The third-order valence-electron chi connectivity index (χ3n) is 2.02. The highest BCUT2D eigenvalue weighted by Crippen LogP contribution is 2.09. The van der Waals surface area contributed by atoms with Gasteiger partial charge in [0.2, 0.25) is 0 Å². The zero-order valence-electron chi connectivity index (χ0n) is 10.2. The number of nitrogens with zero attached hydrogens (tertiary/aromatic N) is 1. The molecule has 4 nitrogen and oxygen atoms in total. The van der Waals surface area contributed by atoms with E-state index in [1.165, 1.54) is 0 Å².